The van der Waals surface area contributed by atoms with Gasteiger partial charge in [-0.15, -0.1) is 0 Å². The first-order chi connectivity index (χ1) is 11.1. The first-order valence-corrected chi connectivity index (χ1v) is 7.61. The van der Waals surface area contributed by atoms with E-state index in [0.717, 1.165) is 12.2 Å². The molecule has 0 saturated heterocycles. The van der Waals surface area contributed by atoms with E-state index >= 15 is 0 Å². The zero-order valence-corrected chi connectivity index (χ0v) is 13.7. The molecule has 0 amide bonds. The van der Waals surface area contributed by atoms with Gasteiger partial charge in [-0.1, -0.05) is 19.1 Å². The molecule has 1 aliphatic heterocycles. The second-order valence-electron chi connectivity index (χ2n) is 5.73. The number of carbonyl (C=O) groups is 1. The lowest BCUT2D eigenvalue weighted by molar-refractivity contribution is -0.113. The van der Waals surface area contributed by atoms with E-state index < -0.39 is 23.6 Å². The molecule has 24 heavy (non-hydrogen) atoms. The van der Waals surface area contributed by atoms with Crippen LogP contribution in [0.3, 0.4) is 0 Å². The number of nitrogens with one attached hydrogen (secondary N) is 1. The maximum Gasteiger partial charge on any atom is 0.416 e. The topological polar surface area (TPSA) is 44.2 Å². The molecule has 0 bridgehead atoms. The van der Waals surface area contributed by atoms with E-state index in [-0.39, 0.29) is 5.70 Å². The normalized spacial score (nSPS) is 18.1. The third-order valence-corrected chi connectivity index (χ3v) is 3.92. The Morgan fingerprint density at radius 2 is 1.96 bits per heavy atom. The highest BCUT2D eigenvalue weighted by Crippen LogP contribution is 2.36. The van der Waals surface area contributed by atoms with Gasteiger partial charge >= 0.3 is 6.18 Å². The molecule has 2 rings (SSSR count). The van der Waals surface area contributed by atoms with Gasteiger partial charge in [0.1, 0.15) is 0 Å². The Kier molecular flexibility index (Phi) is 4.96. The van der Waals surface area contributed by atoms with Crippen LogP contribution in [0.4, 0.5) is 18.9 Å². The molecule has 1 aromatic rings. The van der Waals surface area contributed by atoms with Crippen molar-refractivity contribution in [3.63, 3.8) is 0 Å². The van der Waals surface area contributed by atoms with Crippen LogP contribution in [0.1, 0.15) is 32.8 Å². The van der Waals surface area contributed by atoms with Crippen LogP contribution in [-0.4, -0.2) is 23.7 Å². The van der Waals surface area contributed by atoms with E-state index in [9.17, 15) is 18.0 Å². The van der Waals surface area contributed by atoms with Crippen molar-refractivity contribution in [3.8, 4) is 0 Å². The summed E-state index contributed by atoms with van der Waals surface area (Å²) in [6, 6.07) is 6.36. The number of Topliss-reactive ketones (excluding diaryl/α,β-unsaturated/α-hetero) is 1. The molecular formula is C18H19F3N2O. The van der Waals surface area contributed by atoms with E-state index in [1.54, 1.807) is 43.0 Å². The molecule has 1 unspecified atom stereocenters. The summed E-state index contributed by atoms with van der Waals surface area (Å²) >= 11 is 0. The predicted octanol–water partition coefficient (Wildman–Crippen LogP) is 4.63. The molecule has 0 aliphatic carbocycles. The molecule has 1 aromatic carbocycles. The average Bonchev–Trinajstić information content (AvgIpc) is 2.52. The maximum absolute atomic E-state index is 13.1. The lowest BCUT2D eigenvalue weighted by atomic mass is 9.98. The van der Waals surface area contributed by atoms with Gasteiger partial charge in [-0.05, 0) is 43.2 Å². The van der Waals surface area contributed by atoms with E-state index in [4.69, 9.17) is 5.41 Å². The molecule has 0 fully saturated rings. The molecule has 6 heteroatoms. The summed E-state index contributed by atoms with van der Waals surface area (Å²) < 4.78 is 39.3. The maximum atomic E-state index is 13.1. The van der Waals surface area contributed by atoms with Gasteiger partial charge in [0.15, 0.2) is 5.78 Å². The lowest BCUT2D eigenvalue weighted by Gasteiger charge is -2.36. The summed E-state index contributed by atoms with van der Waals surface area (Å²) in [5, 5.41) is 7.73. The third kappa shape index (κ3) is 3.58. The summed E-state index contributed by atoms with van der Waals surface area (Å²) in [4.78, 5) is 13.6. The van der Waals surface area contributed by atoms with Gasteiger partial charge in [-0.25, -0.2) is 0 Å². The SMILES string of the molecule is CCC1C=C(C(F)(F)F)C=C(C(C)=O)N1c1cccc(C(C)=N)c1. The minimum atomic E-state index is -4.49. The fraction of sp³-hybridized carbons (Fsp3) is 0.333. The number of rotatable bonds is 4. The Labute approximate surface area is 139 Å². The quantitative estimate of drug-likeness (QED) is 0.815. The van der Waals surface area contributed by atoms with Crippen molar-refractivity contribution in [1.82, 2.24) is 0 Å². The summed E-state index contributed by atoms with van der Waals surface area (Å²) in [6.07, 6.45) is -2.03. The Morgan fingerprint density at radius 1 is 1.29 bits per heavy atom. The molecule has 1 heterocycles. The van der Waals surface area contributed by atoms with Crippen molar-refractivity contribution < 1.29 is 18.0 Å². The van der Waals surface area contributed by atoms with Crippen molar-refractivity contribution in [2.75, 3.05) is 4.90 Å². The second kappa shape index (κ2) is 6.63. The fourth-order valence-electron chi connectivity index (χ4n) is 2.69. The van der Waals surface area contributed by atoms with Crippen LogP contribution in [0.15, 0.2) is 47.7 Å². The molecule has 0 radical (unpaired) electrons. The van der Waals surface area contributed by atoms with E-state index in [1.165, 1.54) is 6.92 Å². The number of halogens is 3. The van der Waals surface area contributed by atoms with E-state index in [1.807, 2.05) is 0 Å². The summed E-state index contributed by atoms with van der Waals surface area (Å²) in [6.45, 7) is 4.67. The zero-order valence-electron chi connectivity index (χ0n) is 13.7. The Bertz CT molecular complexity index is 732. The number of carbonyl (C=O) groups excluding carboxylic acids is 1. The lowest BCUT2D eigenvalue weighted by Crippen LogP contribution is -2.39. The molecule has 128 valence electrons. The molecule has 1 aliphatic rings. The van der Waals surface area contributed by atoms with Gasteiger partial charge in [-0.3, -0.25) is 4.79 Å². The van der Waals surface area contributed by atoms with Crippen LogP contribution in [0.5, 0.6) is 0 Å². The van der Waals surface area contributed by atoms with Crippen LogP contribution in [0.25, 0.3) is 0 Å². The Balaban J connectivity index is 2.58. The van der Waals surface area contributed by atoms with Crippen LogP contribution < -0.4 is 4.90 Å². The van der Waals surface area contributed by atoms with Crippen LogP contribution in [-0.2, 0) is 4.79 Å². The van der Waals surface area contributed by atoms with Crippen LogP contribution in [0, 0.1) is 5.41 Å². The highest BCUT2D eigenvalue weighted by Gasteiger charge is 2.38. The van der Waals surface area contributed by atoms with Crippen molar-refractivity contribution in [3.05, 3.63) is 53.3 Å². The molecule has 0 aromatic heterocycles. The molecule has 0 spiro atoms. The number of allylic oxidation sites excluding steroid dienone is 3. The number of benzene rings is 1. The largest absolute Gasteiger partial charge is 0.416 e. The summed E-state index contributed by atoms with van der Waals surface area (Å²) in [5.41, 5.74) is 0.828. The summed E-state index contributed by atoms with van der Waals surface area (Å²) in [7, 11) is 0. The highest BCUT2D eigenvalue weighted by atomic mass is 19.4. The molecule has 1 N–H and O–H groups in total. The third-order valence-electron chi connectivity index (χ3n) is 3.92. The van der Waals surface area contributed by atoms with Gasteiger partial charge < -0.3 is 10.3 Å². The molecule has 3 nitrogen and oxygen atoms in total. The minimum absolute atomic E-state index is 0.0106. The van der Waals surface area contributed by atoms with E-state index in [0.29, 0.717) is 23.4 Å². The zero-order chi connectivity index (χ0) is 18.1. The Hall–Kier alpha value is -2.37. The first kappa shape index (κ1) is 18.0. The highest BCUT2D eigenvalue weighted by molar-refractivity contribution is 6.00. The average molecular weight is 336 g/mol. The van der Waals surface area contributed by atoms with Crippen molar-refractivity contribution in [1.29, 1.82) is 5.41 Å². The Morgan fingerprint density at radius 3 is 2.46 bits per heavy atom. The number of ketones is 1. The van der Waals surface area contributed by atoms with Crippen molar-refractivity contribution in [2.45, 2.75) is 39.4 Å². The minimum Gasteiger partial charge on any atom is -0.332 e. The van der Waals surface area contributed by atoms with E-state index in [2.05, 4.69) is 0 Å². The summed E-state index contributed by atoms with van der Waals surface area (Å²) in [5.74, 6) is -0.430. The molecule has 0 saturated carbocycles. The number of alkyl halides is 3. The number of hydrogen-bond acceptors (Lipinski definition) is 3. The van der Waals surface area contributed by atoms with Gasteiger partial charge in [0.2, 0.25) is 0 Å². The molecule has 1 atom stereocenters. The number of hydrogen-bond donors (Lipinski definition) is 1. The number of anilines is 1. The van der Waals surface area contributed by atoms with Crippen LogP contribution >= 0.6 is 0 Å². The van der Waals surface area contributed by atoms with Crippen molar-refractivity contribution in [2.24, 2.45) is 0 Å². The van der Waals surface area contributed by atoms with Gasteiger partial charge in [0, 0.05) is 18.3 Å². The van der Waals surface area contributed by atoms with Gasteiger partial charge in [-0.2, -0.15) is 13.2 Å². The standard InChI is InChI=1S/C18H19F3N2O/c1-4-15-9-14(18(19,20)21)10-17(12(3)24)23(15)16-7-5-6-13(8-16)11(2)22/h5-10,15,22H,4H2,1-3H3. The number of nitrogens with zero attached hydrogens (tertiary/aromatic N) is 1. The van der Waals surface area contributed by atoms with Crippen LogP contribution in [0.2, 0.25) is 0 Å². The first-order valence-electron chi connectivity index (χ1n) is 7.61. The monoisotopic (exact) mass is 336 g/mol. The smallest absolute Gasteiger partial charge is 0.332 e. The predicted molar refractivity (Wildman–Crippen MR) is 88.4 cm³/mol. The van der Waals surface area contributed by atoms with Crippen molar-refractivity contribution >= 4 is 17.2 Å². The molecular weight excluding hydrogens is 317 g/mol. The fourth-order valence-corrected chi connectivity index (χ4v) is 2.69. The van der Waals surface area contributed by atoms with Gasteiger partial charge in [0.05, 0.1) is 17.3 Å². The van der Waals surface area contributed by atoms with Gasteiger partial charge in [0.25, 0.3) is 0 Å². The second-order valence-corrected chi connectivity index (χ2v) is 5.73.